The number of aliphatic hydroxyl groups excluding tert-OH is 1. The van der Waals surface area contributed by atoms with Gasteiger partial charge in [0.05, 0.1) is 28.8 Å². The lowest BCUT2D eigenvalue weighted by atomic mass is 10.1. The third-order valence-corrected chi connectivity index (χ3v) is 6.79. The number of hydrogen-bond donors (Lipinski definition) is 1. The van der Waals surface area contributed by atoms with Gasteiger partial charge in [-0.15, -0.1) is 0 Å². The van der Waals surface area contributed by atoms with Crippen molar-refractivity contribution in [2.24, 2.45) is 0 Å². The van der Waals surface area contributed by atoms with Crippen molar-refractivity contribution in [3.63, 3.8) is 0 Å². The van der Waals surface area contributed by atoms with E-state index in [1.165, 1.54) is 0 Å². The smallest absolute Gasteiger partial charge is 0.155 e. The van der Waals surface area contributed by atoms with Crippen molar-refractivity contribution in [3.8, 4) is 0 Å². The lowest BCUT2D eigenvalue weighted by Gasteiger charge is -2.26. The molecule has 5 nitrogen and oxygen atoms in total. The molecule has 2 rings (SSSR count). The van der Waals surface area contributed by atoms with E-state index >= 15 is 0 Å². The van der Waals surface area contributed by atoms with Gasteiger partial charge in [0, 0.05) is 12.6 Å². The molecule has 1 N–H and O–H groups in total. The zero-order valence-electron chi connectivity index (χ0n) is 12.9. The van der Waals surface area contributed by atoms with Crippen LogP contribution in [0.15, 0.2) is 12.3 Å². The molecule has 21 heavy (non-hydrogen) atoms. The fraction of sp³-hybridized carbons (Fsp3) is 0.800. The van der Waals surface area contributed by atoms with Crippen molar-refractivity contribution in [1.29, 1.82) is 0 Å². The van der Waals surface area contributed by atoms with Crippen LogP contribution in [0.2, 0.25) is 0 Å². The van der Waals surface area contributed by atoms with Gasteiger partial charge in [-0.2, -0.15) is 5.10 Å². The van der Waals surface area contributed by atoms with Gasteiger partial charge in [-0.05, 0) is 31.7 Å². The molecular formula is C15H26N2O3S. The molecule has 6 heteroatoms. The summed E-state index contributed by atoms with van der Waals surface area (Å²) in [5.41, 5.74) is 0.773. The normalized spacial score (nSPS) is 23.3. The van der Waals surface area contributed by atoms with E-state index in [1.54, 1.807) is 0 Å². The van der Waals surface area contributed by atoms with Gasteiger partial charge in [0.1, 0.15) is 0 Å². The Balaban J connectivity index is 2.04. The predicted molar refractivity (Wildman–Crippen MR) is 83.0 cm³/mol. The summed E-state index contributed by atoms with van der Waals surface area (Å²) in [4.78, 5) is 0. The fourth-order valence-electron chi connectivity index (χ4n) is 3.11. The number of aromatic nitrogens is 2. The minimum absolute atomic E-state index is 0.205. The molecule has 2 heterocycles. The van der Waals surface area contributed by atoms with Gasteiger partial charge >= 0.3 is 0 Å². The monoisotopic (exact) mass is 314 g/mol. The second kappa shape index (κ2) is 6.92. The minimum Gasteiger partial charge on any atom is -0.391 e. The number of hydrogen-bond acceptors (Lipinski definition) is 4. The summed E-state index contributed by atoms with van der Waals surface area (Å²) in [7, 11) is -3.15. The Labute approximate surface area is 127 Å². The highest BCUT2D eigenvalue weighted by molar-refractivity contribution is 7.92. The Kier molecular flexibility index (Phi) is 5.43. The summed E-state index contributed by atoms with van der Waals surface area (Å²) in [6.07, 6.45) is 5.58. The second-order valence-electron chi connectivity index (χ2n) is 5.93. The third kappa shape index (κ3) is 3.86. The molecule has 1 saturated heterocycles. The Morgan fingerprint density at radius 2 is 2.10 bits per heavy atom. The van der Waals surface area contributed by atoms with Crippen LogP contribution in [0.3, 0.4) is 0 Å². The summed E-state index contributed by atoms with van der Waals surface area (Å²) in [6, 6.07) is 2.26. The molecular weight excluding hydrogens is 288 g/mol. The van der Waals surface area contributed by atoms with E-state index in [9.17, 15) is 13.5 Å². The molecule has 0 spiro atoms. The van der Waals surface area contributed by atoms with Crippen molar-refractivity contribution in [2.75, 3.05) is 5.75 Å². The van der Waals surface area contributed by atoms with Crippen LogP contribution in [-0.2, 0) is 16.3 Å². The maximum absolute atomic E-state index is 12.0. The lowest BCUT2D eigenvalue weighted by Crippen LogP contribution is -2.39. The maximum atomic E-state index is 12.0. The number of nitrogens with zero attached hydrogens (tertiary/aromatic N) is 2. The van der Waals surface area contributed by atoms with Crippen molar-refractivity contribution in [2.45, 2.75) is 69.8 Å². The Morgan fingerprint density at radius 1 is 1.38 bits per heavy atom. The molecule has 0 bridgehead atoms. The first-order valence-corrected chi connectivity index (χ1v) is 9.63. The van der Waals surface area contributed by atoms with Crippen molar-refractivity contribution in [1.82, 2.24) is 9.78 Å². The van der Waals surface area contributed by atoms with E-state index < -0.39 is 21.2 Å². The van der Waals surface area contributed by atoms with Crippen LogP contribution in [0, 0.1) is 0 Å². The van der Waals surface area contributed by atoms with Gasteiger partial charge in [0.15, 0.2) is 9.84 Å². The zero-order chi connectivity index (χ0) is 15.5. The zero-order valence-corrected chi connectivity index (χ0v) is 13.7. The van der Waals surface area contributed by atoms with E-state index in [-0.39, 0.29) is 5.75 Å². The molecule has 0 amide bonds. The summed E-state index contributed by atoms with van der Waals surface area (Å²) in [5, 5.41) is 14.2. The summed E-state index contributed by atoms with van der Waals surface area (Å²) in [6.45, 7) is 4.25. The molecule has 1 fully saturated rings. The first kappa shape index (κ1) is 16.5. The lowest BCUT2D eigenvalue weighted by molar-refractivity contribution is 0.160. The topological polar surface area (TPSA) is 72.2 Å². The van der Waals surface area contributed by atoms with Crippen molar-refractivity contribution in [3.05, 3.63) is 18.0 Å². The van der Waals surface area contributed by atoms with Crippen LogP contribution in [0.5, 0.6) is 0 Å². The first-order valence-electron chi connectivity index (χ1n) is 7.91. The molecule has 2 atom stereocenters. The van der Waals surface area contributed by atoms with Gasteiger partial charge < -0.3 is 5.11 Å². The minimum atomic E-state index is -3.15. The molecule has 2 unspecified atom stereocenters. The summed E-state index contributed by atoms with van der Waals surface area (Å²) in [5.74, 6) is 0.205. The van der Waals surface area contributed by atoms with Crippen molar-refractivity contribution < 1.29 is 13.5 Å². The van der Waals surface area contributed by atoms with E-state index in [2.05, 4.69) is 18.9 Å². The molecule has 1 aromatic heterocycles. The van der Waals surface area contributed by atoms with Gasteiger partial charge in [-0.25, -0.2) is 8.42 Å². The highest BCUT2D eigenvalue weighted by Crippen LogP contribution is 2.24. The molecule has 0 aliphatic carbocycles. The quantitative estimate of drug-likeness (QED) is 0.873. The van der Waals surface area contributed by atoms with E-state index in [0.29, 0.717) is 18.9 Å². The Bertz CT molecular complexity index is 549. The van der Waals surface area contributed by atoms with Gasteiger partial charge in [0.2, 0.25) is 0 Å². The molecule has 0 aromatic carbocycles. The average molecular weight is 314 g/mol. The average Bonchev–Trinajstić information content (AvgIpc) is 2.88. The molecule has 1 aliphatic heterocycles. The Morgan fingerprint density at radius 3 is 2.71 bits per heavy atom. The standard InChI is InChI=1S/C15H26N2O3S/c1-3-13(4-2)17-9-8-12(16-17)11-14(18)15-7-5-6-10-21(15,19)20/h8-9,13-15,18H,3-7,10-11H2,1-2H3. The van der Waals surface area contributed by atoms with Crippen LogP contribution < -0.4 is 0 Å². The first-order chi connectivity index (χ1) is 9.97. The predicted octanol–water partition coefficient (Wildman–Crippen LogP) is 2.11. The fourth-order valence-corrected chi connectivity index (χ4v) is 5.12. The van der Waals surface area contributed by atoms with E-state index in [1.807, 2.05) is 16.9 Å². The summed E-state index contributed by atoms with van der Waals surface area (Å²) < 4.78 is 26.0. The van der Waals surface area contributed by atoms with Crippen LogP contribution in [0.4, 0.5) is 0 Å². The van der Waals surface area contributed by atoms with Gasteiger partial charge in [-0.3, -0.25) is 4.68 Å². The number of rotatable bonds is 6. The number of sulfone groups is 1. The molecule has 1 aromatic rings. The molecule has 0 saturated carbocycles. The Hall–Kier alpha value is -0.880. The number of aliphatic hydroxyl groups is 1. The van der Waals surface area contributed by atoms with Gasteiger partial charge in [-0.1, -0.05) is 20.3 Å². The van der Waals surface area contributed by atoms with Crippen LogP contribution in [0.1, 0.15) is 57.7 Å². The second-order valence-corrected chi connectivity index (χ2v) is 8.27. The molecule has 120 valence electrons. The summed E-state index contributed by atoms with van der Waals surface area (Å²) >= 11 is 0. The highest BCUT2D eigenvalue weighted by atomic mass is 32.2. The molecule has 0 radical (unpaired) electrons. The van der Waals surface area contributed by atoms with E-state index in [0.717, 1.165) is 31.4 Å². The highest BCUT2D eigenvalue weighted by Gasteiger charge is 2.34. The van der Waals surface area contributed by atoms with Crippen molar-refractivity contribution >= 4 is 9.84 Å². The SMILES string of the molecule is CCC(CC)n1ccc(CC(O)C2CCCCS2(=O)=O)n1. The largest absolute Gasteiger partial charge is 0.391 e. The third-order valence-electron chi connectivity index (χ3n) is 4.46. The van der Waals surface area contributed by atoms with Crippen LogP contribution in [0.25, 0.3) is 0 Å². The van der Waals surface area contributed by atoms with E-state index in [4.69, 9.17) is 0 Å². The molecule has 1 aliphatic rings. The maximum Gasteiger partial charge on any atom is 0.155 e. The van der Waals surface area contributed by atoms with Crippen LogP contribution in [-0.4, -0.2) is 40.4 Å². The van der Waals surface area contributed by atoms with Crippen LogP contribution >= 0.6 is 0 Å². The van der Waals surface area contributed by atoms with Gasteiger partial charge in [0.25, 0.3) is 0 Å².